The Kier molecular flexibility index (Phi) is 24.4. The number of carbonyl (C=O) groups is 3. The minimum absolute atomic E-state index is 0.0890. The fraction of sp³-hybridized carbons (Fsp3) is 0.793. The zero-order valence-electron chi connectivity index (χ0n) is 49.6. The molecule has 0 bridgehead atoms. The maximum atomic E-state index is 14.6. The van der Waals surface area contributed by atoms with E-state index in [2.05, 4.69) is 5.32 Å². The number of ether oxygens (including phenoxy) is 10. The van der Waals surface area contributed by atoms with Crippen molar-refractivity contribution in [3.05, 3.63) is 45.7 Å². The Hall–Kier alpha value is -3.52. The summed E-state index contributed by atoms with van der Waals surface area (Å²) in [6.07, 6.45) is -6.50. The molecule has 79 heavy (non-hydrogen) atoms. The van der Waals surface area contributed by atoms with Gasteiger partial charge in [0, 0.05) is 75.7 Å². The molecular weight excluding hydrogens is 1030 g/mol. The van der Waals surface area contributed by atoms with Crippen LogP contribution in [0.15, 0.2) is 29.2 Å². The van der Waals surface area contributed by atoms with E-state index in [1.54, 1.807) is 45.4 Å². The highest BCUT2D eigenvalue weighted by Gasteiger charge is 2.54. The van der Waals surface area contributed by atoms with E-state index < -0.39 is 113 Å². The zero-order chi connectivity index (χ0) is 58.7. The number of Topliss-reactive ketones (excluding diaryl/α,β-unsaturated/α-hetero) is 1. The van der Waals surface area contributed by atoms with E-state index in [9.17, 15) is 39.6 Å². The molecule has 5 rings (SSSR count). The molecule has 1 aromatic carbocycles. The summed E-state index contributed by atoms with van der Waals surface area (Å²) in [5, 5.41) is 48.5. The number of nitrogens with one attached hydrogen (secondary N) is 1. The lowest BCUT2D eigenvalue weighted by Gasteiger charge is -2.50. The lowest BCUT2D eigenvalue weighted by atomic mass is 9.74. The van der Waals surface area contributed by atoms with E-state index in [4.69, 9.17) is 47.4 Å². The van der Waals surface area contributed by atoms with E-state index in [1.807, 2.05) is 72.7 Å². The number of hydrogen-bond donors (Lipinski definition) is 5. The van der Waals surface area contributed by atoms with Crippen molar-refractivity contribution in [1.82, 2.24) is 14.8 Å². The molecular formula is C58H95N3O18. The van der Waals surface area contributed by atoms with Crippen LogP contribution in [0.3, 0.4) is 0 Å². The number of benzene rings is 1. The molecule has 3 aliphatic heterocycles. The van der Waals surface area contributed by atoms with E-state index in [0.29, 0.717) is 76.4 Å². The molecule has 2 aromatic rings. The van der Waals surface area contributed by atoms with Crippen molar-refractivity contribution in [2.75, 3.05) is 74.4 Å². The Labute approximate surface area is 467 Å². The summed E-state index contributed by atoms with van der Waals surface area (Å²) in [5.41, 5.74) is -3.43. The number of aryl methyl sites for hydroxylation is 1. The van der Waals surface area contributed by atoms with Gasteiger partial charge in [0.2, 0.25) is 5.43 Å². The fourth-order valence-electron chi connectivity index (χ4n) is 11.9. The number of carbonyl (C=O) groups excluding carboxylic acids is 2. The number of fused-ring (bicyclic) bond motifs is 1. The van der Waals surface area contributed by atoms with Gasteiger partial charge in [0.05, 0.1) is 86.2 Å². The Morgan fingerprint density at radius 3 is 2.11 bits per heavy atom. The topological polar surface area (TPSA) is 262 Å². The molecule has 0 unspecified atom stereocenters. The highest BCUT2D eigenvalue weighted by molar-refractivity contribution is 5.92. The predicted molar refractivity (Wildman–Crippen MR) is 294 cm³/mol. The molecule has 0 amide bonds. The van der Waals surface area contributed by atoms with Crippen LogP contribution in [0.5, 0.6) is 0 Å². The molecule has 3 aliphatic rings. The number of methoxy groups -OCH3 is 2. The molecule has 21 nitrogen and oxygen atoms in total. The van der Waals surface area contributed by atoms with Gasteiger partial charge < -0.3 is 82.6 Å². The zero-order valence-corrected chi connectivity index (χ0v) is 49.6. The minimum atomic E-state index is -2.00. The number of likely N-dealkylation sites (N-methyl/N-ethyl adjacent to an activating group) is 1. The monoisotopic (exact) mass is 1120 g/mol. The Bertz CT molecular complexity index is 2350. The number of pyridine rings is 1. The van der Waals surface area contributed by atoms with Gasteiger partial charge in [-0.3, -0.25) is 14.4 Å². The van der Waals surface area contributed by atoms with Crippen LogP contribution in [-0.4, -0.2) is 206 Å². The second kappa shape index (κ2) is 29.1. The fourth-order valence-corrected chi connectivity index (χ4v) is 11.9. The molecule has 3 saturated heterocycles. The van der Waals surface area contributed by atoms with Crippen molar-refractivity contribution in [3.8, 4) is 0 Å². The van der Waals surface area contributed by atoms with Gasteiger partial charge in [-0.05, 0) is 106 Å². The summed E-state index contributed by atoms with van der Waals surface area (Å²) in [6, 6.07) is 5.18. The molecule has 0 saturated carbocycles. The largest absolute Gasteiger partial charge is 0.477 e. The molecule has 5 N–H and O–H groups in total. The number of nitrogens with zero attached hydrogens (tertiary/aromatic N) is 2. The molecule has 4 heterocycles. The third-order valence-electron chi connectivity index (χ3n) is 16.8. The maximum Gasteiger partial charge on any atom is 0.341 e. The Morgan fingerprint density at radius 1 is 0.848 bits per heavy atom. The first kappa shape index (κ1) is 66.3. The quantitative estimate of drug-likeness (QED) is 0.0765. The third-order valence-corrected chi connectivity index (χ3v) is 16.8. The number of carboxylic acids is 1. The summed E-state index contributed by atoms with van der Waals surface area (Å²) >= 11 is 0. The smallest absolute Gasteiger partial charge is 0.341 e. The van der Waals surface area contributed by atoms with Gasteiger partial charge in [-0.2, -0.15) is 0 Å². The number of ketones is 1. The van der Waals surface area contributed by atoms with Crippen molar-refractivity contribution in [2.24, 2.45) is 23.7 Å². The normalized spacial score (nSPS) is 36.3. The van der Waals surface area contributed by atoms with Gasteiger partial charge in [0.1, 0.15) is 35.3 Å². The average molecular weight is 1120 g/mol. The number of aliphatic hydroxyl groups is 3. The predicted octanol–water partition coefficient (Wildman–Crippen LogP) is 4.36. The lowest BCUT2D eigenvalue weighted by Crippen LogP contribution is -2.61. The second-order valence-electron chi connectivity index (χ2n) is 23.0. The second-order valence-corrected chi connectivity index (χ2v) is 23.0. The van der Waals surface area contributed by atoms with Crippen molar-refractivity contribution >= 4 is 28.6 Å². The van der Waals surface area contributed by atoms with Crippen molar-refractivity contribution in [1.29, 1.82) is 0 Å². The van der Waals surface area contributed by atoms with Gasteiger partial charge in [-0.15, -0.1) is 0 Å². The number of aliphatic hydroxyl groups excluding tert-OH is 2. The molecule has 0 radical (unpaired) electrons. The SMILES string of the molecule is CC[C@H]1OC(=O)[C@H](C)[C@@H](O[C@H]2C[C@@](C)(OC)[C@@H](OCCNCCOCCOCCc3ccc4c(c3)c(=O)c(C(=O)O)cn4CC)[C@H](C)O2)[C@H](C)[C@@H](O[C@@H]2O[C@H](C)C[C@H](N(C)C)[C@H]2O)[C@](C)(OC)C[C@@H](C)C(=O)[C@H](C)[C@@H](O)[C@]1(C)O. The third kappa shape index (κ3) is 16.0. The first-order valence-electron chi connectivity index (χ1n) is 28.3. The van der Waals surface area contributed by atoms with Gasteiger partial charge in [0.25, 0.3) is 0 Å². The van der Waals surface area contributed by atoms with Crippen LogP contribution in [0.1, 0.15) is 118 Å². The van der Waals surface area contributed by atoms with Gasteiger partial charge >= 0.3 is 11.9 Å². The van der Waals surface area contributed by atoms with Crippen molar-refractivity contribution < 1.29 is 82.2 Å². The molecule has 450 valence electrons. The van der Waals surface area contributed by atoms with Crippen LogP contribution in [0, 0.1) is 23.7 Å². The van der Waals surface area contributed by atoms with Gasteiger partial charge in [-0.1, -0.05) is 33.8 Å². The van der Waals surface area contributed by atoms with Crippen LogP contribution in [0.25, 0.3) is 10.9 Å². The van der Waals surface area contributed by atoms with E-state index in [1.165, 1.54) is 20.2 Å². The summed E-state index contributed by atoms with van der Waals surface area (Å²) in [7, 11) is 6.87. The number of esters is 1. The van der Waals surface area contributed by atoms with Gasteiger partial charge in [0.15, 0.2) is 12.6 Å². The van der Waals surface area contributed by atoms with Gasteiger partial charge in [-0.25, -0.2) is 4.79 Å². The van der Waals surface area contributed by atoms with E-state index >= 15 is 0 Å². The van der Waals surface area contributed by atoms with Crippen molar-refractivity contribution in [2.45, 2.75) is 199 Å². The van der Waals surface area contributed by atoms with E-state index in [0.717, 1.165) is 5.56 Å². The van der Waals surface area contributed by atoms with Crippen LogP contribution < -0.4 is 10.7 Å². The molecule has 0 aliphatic carbocycles. The van der Waals surface area contributed by atoms with Crippen LogP contribution >= 0.6 is 0 Å². The number of aromatic carboxylic acids is 1. The summed E-state index contributed by atoms with van der Waals surface area (Å²) in [5.74, 6) is -5.87. The number of cyclic esters (lactones) is 1. The summed E-state index contributed by atoms with van der Waals surface area (Å²) < 4.78 is 65.3. The molecule has 3 fully saturated rings. The molecule has 21 heteroatoms. The standard InChI is InChI=1S/C58H95N3O18/c1-16-44-58(11,69)50(65)35(5)46(62)33(3)30-56(9,70-14)51(79-55-48(64)43(60(12)13)28-34(4)75-55)36(6)49(37(7)54(68)77-44)78-45-31-57(10,71-15)52(38(8)76-45)74-25-22-59-21-24-73-27-26-72-23-20-39-18-19-42-40(29-39)47(63)41(53(66)67)32-61(42)17-2/h18-19,29,32-38,43-45,48-52,55,59,64-65,69H,16-17,20-28,30-31H2,1-15H3,(H,66,67)/t33-,34-,35+,36+,37-,38+,43+,44-,45+,48-,49+,50-,51-,52+,55+,56-,57-,58-/m1/s1. The first-order valence-corrected chi connectivity index (χ1v) is 28.3. The summed E-state index contributed by atoms with van der Waals surface area (Å²) in [4.78, 5) is 55.2. The Morgan fingerprint density at radius 2 is 1.49 bits per heavy atom. The van der Waals surface area contributed by atoms with E-state index in [-0.39, 0.29) is 42.8 Å². The molecule has 1 aromatic heterocycles. The Balaban J connectivity index is 1.23. The number of hydrogen-bond acceptors (Lipinski definition) is 19. The summed E-state index contributed by atoms with van der Waals surface area (Å²) in [6.45, 7) is 22.8. The first-order chi connectivity index (χ1) is 37.2. The van der Waals surface area contributed by atoms with Crippen LogP contribution in [0.2, 0.25) is 0 Å². The molecule has 18 atom stereocenters. The average Bonchev–Trinajstić information content (AvgIpc) is 3.44. The molecule has 0 spiro atoms. The lowest BCUT2D eigenvalue weighted by molar-refractivity contribution is -0.322. The number of rotatable bonds is 23. The highest BCUT2D eigenvalue weighted by Crippen LogP contribution is 2.42. The van der Waals surface area contributed by atoms with Crippen LogP contribution in [-0.2, 0) is 69.9 Å². The van der Waals surface area contributed by atoms with Crippen molar-refractivity contribution in [3.63, 3.8) is 0 Å². The minimum Gasteiger partial charge on any atom is -0.477 e. The number of aromatic nitrogens is 1. The van der Waals surface area contributed by atoms with Crippen LogP contribution in [0.4, 0.5) is 0 Å². The highest BCUT2D eigenvalue weighted by atomic mass is 16.7. The maximum absolute atomic E-state index is 14.6. The number of carboxylic acid groups (broad SMARTS) is 1.